The molecule has 0 aliphatic heterocycles. The number of rotatable bonds is 1. The molecule has 1 aromatic carbocycles. The zero-order valence-electron chi connectivity index (χ0n) is 8.94. The van der Waals surface area contributed by atoms with Crippen molar-refractivity contribution in [2.75, 3.05) is 0 Å². The Morgan fingerprint density at radius 3 is 2.60 bits per heavy atom. The molecule has 0 amide bonds. The molecule has 1 aliphatic rings. The lowest BCUT2D eigenvalue weighted by Crippen LogP contribution is -2.41. The van der Waals surface area contributed by atoms with Crippen molar-refractivity contribution in [1.29, 1.82) is 0 Å². The lowest BCUT2D eigenvalue weighted by molar-refractivity contribution is -0.130. The fraction of sp³-hybridized carbons (Fsp3) is 0.462. The first-order chi connectivity index (χ1) is 7.11. The number of benzene rings is 1. The maximum Gasteiger partial charge on any atom is 0.143 e. The molecule has 80 valence electrons. The molecule has 0 saturated heterocycles. The first-order valence-electron chi connectivity index (χ1n) is 5.41. The fourth-order valence-corrected chi connectivity index (χ4v) is 2.45. The Kier molecular flexibility index (Phi) is 2.61. The predicted octanol–water partition coefficient (Wildman–Crippen LogP) is 2.27. The van der Waals surface area contributed by atoms with Crippen molar-refractivity contribution in [1.82, 2.24) is 0 Å². The second kappa shape index (κ2) is 3.78. The SMILES string of the molecule is C[C@@]1(O)CCCC(=O)[C@@H]1c1ccccc1. The average molecular weight is 204 g/mol. The van der Waals surface area contributed by atoms with E-state index in [2.05, 4.69) is 0 Å². The van der Waals surface area contributed by atoms with Crippen molar-refractivity contribution >= 4 is 5.78 Å². The molecule has 1 aliphatic carbocycles. The highest BCUT2D eigenvalue weighted by Gasteiger charge is 2.40. The summed E-state index contributed by atoms with van der Waals surface area (Å²) in [6.45, 7) is 1.77. The van der Waals surface area contributed by atoms with Crippen LogP contribution in [0.25, 0.3) is 0 Å². The van der Waals surface area contributed by atoms with E-state index in [0.29, 0.717) is 12.8 Å². The summed E-state index contributed by atoms with van der Waals surface area (Å²) < 4.78 is 0. The molecule has 1 N–H and O–H groups in total. The Bertz CT molecular complexity index is 354. The molecule has 2 atom stereocenters. The van der Waals surface area contributed by atoms with E-state index in [4.69, 9.17) is 0 Å². The van der Waals surface area contributed by atoms with Crippen LogP contribution in [0.4, 0.5) is 0 Å². The number of Topliss-reactive ketones (excluding diaryl/α,β-unsaturated/α-hetero) is 1. The topological polar surface area (TPSA) is 37.3 Å². The Balaban J connectivity index is 2.36. The first-order valence-corrected chi connectivity index (χ1v) is 5.41. The summed E-state index contributed by atoms with van der Waals surface area (Å²) in [6.07, 6.45) is 2.10. The van der Waals surface area contributed by atoms with E-state index in [-0.39, 0.29) is 11.7 Å². The van der Waals surface area contributed by atoms with E-state index >= 15 is 0 Å². The minimum atomic E-state index is -0.878. The molecule has 1 fully saturated rings. The summed E-state index contributed by atoms with van der Waals surface area (Å²) in [5, 5.41) is 10.2. The van der Waals surface area contributed by atoms with E-state index in [1.165, 1.54) is 0 Å². The third-order valence-corrected chi connectivity index (χ3v) is 3.18. The third-order valence-electron chi connectivity index (χ3n) is 3.18. The van der Waals surface area contributed by atoms with Gasteiger partial charge in [-0.2, -0.15) is 0 Å². The minimum Gasteiger partial charge on any atom is -0.389 e. The zero-order chi connectivity index (χ0) is 10.9. The van der Waals surface area contributed by atoms with E-state index < -0.39 is 5.60 Å². The largest absolute Gasteiger partial charge is 0.389 e. The highest BCUT2D eigenvalue weighted by atomic mass is 16.3. The maximum absolute atomic E-state index is 11.9. The molecule has 0 radical (unpaired) electrons. The fourth-order valence-electron chi connectivity index (χ4n) is 2.45. The van der Waals surface area contributed by atoms with Gasteiger partial charge in [-0.3, -0.25) is 4.79 Å². The second-order valence-corrected chi connectivity index (χ2v) is 4.52. The van der Waals surface area contributed by atoms with Gasteiger partial charge in [0.15, 0.2) is 0 Å². The van der Waals surface area contributed by atoms with Gasteiger partial charge < -0.3 is 5.11 Å². The summed E-state index contributed by atoms with van der Waals surface area (Å²) in [5.41, 5.74) is 0.0589. The van der Waals surface area contributed by atoms with E-state index in [1.54, 1.807) is 6.92 Å². The summed E-state index contributed by atoms with van der Waals surface area (Å²) in [7, 11) is 0. The average Bonchev–Trinajstić information content (AvgIpc) is 2.17. The Morgan fingerprint density at radius 2 is 2.00 bits per heavy atom. The van der Waals surface area contributed by atoms with Gasteiger partial charge in [-0.25, -0.2) is 0 Å². The number of hydrogen-bond donors (Lipinski definition) is 1. The molecule has 2 heteroatoms. The van der Waals surface area contributed by atoms with Crippen LogP contribution < -0.4 is 0 Å². The van der Waals surface area contributed by atoms with Crippen molar-refractivity contribution in [3.05, 3.63) is 35.9 Å². The molecule has 2 nitrogen and oxygen atoms in total. The Hall–Kier alpha value is -1.15. The summed E-state index contributed by atoms with van der Waals surface area (Å²) in [5.74, 6) is -0.176. The first kappa shape index (κ1) is 10.4. The molecule has 0 aromatic heterocycles. The molecule has 1 aromatic rings. The predicted molar refractivity (Wildman–Crippen MR) is 58.7 cm³/mol. The van der Waals surface area contributed by atoms with Crippen molar-refractivity contribution in [3.8, 4) is 0 Å². The number of hydrogen-bond acceptors (Lipinski definition) is 2. The number of ketones is 1. The smallest absolute Gasteiger partial charge is 0.143 e. The number of carbonyl (C=O) groups excluding carboxylic acids is 1. The molecular formula is C13H16O2. The minimum absolute atomic E-state index is 0.164. The van der Waals surface area contributed by atoms with Crippen LogP contribution in [0.15, 0.2) is 30.3 Å². The van der Waals surface area contributed by atoms with Gasteiger partial charge in [0, 0.05) is 6.42 Å². The van der Waals surface area contributed by atoms with Gasteiger partial charge in [-0.15, -0.1) is 0 Å². The van der Waals surface area contributed by atoms with Crippen LogP contribution in [0, 0.1) is 0 Å². The molecule has 0 heterocycles. The summed E-state index contributed by atoms with van der Waals surface area (Å²) in [6, 6.07) is 9.58. The lowest BCUT2D eigenvalue weighted by atomic mass is 9.72. The van der Waals surface area contributed by atoms with E-state index in [0.717, 1.165) is 12.0 Å². The third kappa shape index (κ3) is 1.95. The Labute approximate surface area is 89.9 Å². The highest BCUT2D eigenvalue weighted by Crippen LogP contribution is 2.38. The molecule has 0 bridgehead atoms. The van der Waals surface area contributed by atoms with Gasteiger partial charge in [0.25, 0.3) is 0 Å². The normalized spacial score (nSPS) is 31.6. The van der Waals surface area contributed by atoms with Crippen LogP contribution in [-0.2, 0) is 4.79 Å². The molecule has 0 spiro atoms. The Morgan fingerprint density at radius 1 is 1.33 bits per heavy atom. The van der Waals surface area contributed by atoms with Crippen molar-refractivity contribution in [2.24, 2.45) is 0 Å². The standard InChI is InChI=1S/C13H16O2/c1-13(15)9-5-8-11(14)12(13)10-6-3-2-4-7-10/h2-4,6-7,12,15H,5,8-9H2,1H3/t12-,13+/m0/s1. The maximum atomic E-state index is 11.9. The van der Waals surface area contributed by atoms with Gasteiger partial charge in [-0.1, -0.05) is 30.3 Å². The van der Waals surface area contributed by atoms with Crippen LogP contribution in [0.5, 0.6) is 0 Å². The summed E-state index contributed by atoms with van der Waals surface area (Å²) in [4.78, 5) is 11.9. The molecule has 1 saturated carbocycles. The van der Waals surface area contributed by atoms with Gasteiger partial charge in [0.05, 0.1) is 11.5 Å². The van der Waals surface area contributed by atoms with E-state index in [9.17, 15) is 9.90 Å². The van der Waals surface area contributed by atoms with Crippen LogP contribution in [0.2, 0.25) is 0 Å². The van der Waals surface area contributed by atoms with Gasteiger partial charge in [0.2, 0.25) is 0 Å². The van der Waals surface area contributed by atoms with Crippen LogP contribution in [-0.4, -0.2) is 16.5 Å². The monoisotopic (exact) mass is 204 g/mol. The molecule has 15 heavy (non-hydrogen) atoms. The van der Waals surface area contributed by atoms with Crippen LogP contribution in [0.1, 0.15) is 37.7 Å². The quantitative estimate of drug-likeness (QED) is 0.762. The van der Waals surface area contributed by atoms with Crippen molar-refractivity contribution < 1.29 is 9.90 Å². The highest BCUT2D eigenvalue weighted by molar-refractivity contribution is 5.87. The van der Waals surface area contributed by atoms with Crippen molar-refractivity contribution in [2.45, 2.75) is 37.7 Å². The van der Waals surface area contributed by atoms with Gasteiger partial charge >= 0.3 is 0 Å². The molecule has 0 unspecified atom stereocenters. The van der Waals surface area contributed by atoms with Crippen LogP contribution in [0.3, 0.4) is 0 Å². The molecular weight excluding hydrogens is 188 g/mol. The van der Waals surface area contributed by atoms with E-state index in [1.807, 2.05) is 30.3 Å². The van der Waals surface area contributed by atoms with Crippen LogP contribution >= 0.6 is 0 Å². The second-order valence-electron chi connectivity index (χ2n) is 4.52. The molecule has 2 rings (SSSR count). The van der Waals surface area contributed by atoms with Crippen molar-refractivity contribution in [3.63, 3.8) is 0 Å². The number of aliphatic hydroxyl groups is 1. The summed E-state index contributed by atoms with van der Waals surface area (Å²) >= 11 is 0. The lowest BCUT2D eigenvalue weighted by Gasteiger charge is -2.36. The zero-order valence-corrected chi connectivity index (χ0v) is 8.94. The van der Waals surface area contributed by atoms with Gasteiger partial charge in [0.1, 0.15) is 5.78 Å². The number of carbonyl (C=O) groups is 1. The van der Waals surface area contributed by atoms with Gasteiger partial charge in [-0.05, 0) is 25.3 Å².